The second-order valence-electron chi connectivity index (χ2n) is 1.92. The van der Waals surface area contributed by atoms with E-state index in [1.165, 1.54) is 0 Å². The number of hydrogen-bond donors (Lipinski definition) is 2. The summed E-state index contributed by atoms with van der Waals surface area (Å²) in [7, 11) is 0. The zero-order valence-corrected chi connectivity index (χ0v) is 5.73. The molecule has 0 spiro atoms. The highest BCUT2D eigenvalue weighted by atomic mass is 19.1. The number of hydrogen-bond acceptors (Lipinski definition) is 2. The number of alkyl halides is 1. The van der Waals surface area contributed by atoms with Crippen molar-refractivity contribution in [2.45, 2.75) is 26.0 Å². The average molecular weight is 135 g/mol. The molecule has 0 heterocycles. The molecule has 0 saturated heterocycles. The van der Waals surface area contributed by atoms with E-state index >= 15 is 0 Å². The SMILES string of the molecule is CCC(O)NCCCF. The molecular weight excluding hydrogens is 121 g/mol. The molecule has 0 saturated carbocycles. The van der Waals surface area contributed by atoms with Gasteiger partial charge in [-0.05, 0) is 19.4 Å². The van der Waals surface area contributed by atoms with E-state index in [2.05, 4.69) is 5.32 Å². The van der Waals surface area contributed by atoms with Crippen LogP contribution >= 0.6 is 0 Å². The Bertz CT molecular complexity index is 61.0. The summed E-state index contributed by atoms with van der Waals surface area (Å²) >= 11 is 0. The molecular formula is C6H14FNO. The summed E-state index contributed by atoms with van der Waals surface area (Å²) in [5.41, 5.74) is 0. The van der Waals surface area contributed by atoms with E-state index in [0.29, 0.717) is 19.4 Å². The van der Waals surface area contributed by atoms with Gasteiger partial charge in [0.25, 0.3) is 0 Å². The molecule has 0 aliphatic carbocycles. The van der Waals surface area contributed by atoms with Crippen LogP contribution in [-0.2, 0) is 0 Å². The summed E-state index contributed by atoms with van der Waals surface area (Å²) in [5.74, 6) is 0. The van der Waals surface area contributed by atoms with Crippen LogP contribution in [0.3, 0.4) is 0 Å². The van der Waals surface area contributed by atoms with Crippen molar-refractivity contribution in [3.63, 3.8) is 0 Å². The van der Waals surface area contributed by atoms with Crippen molar-refractivity contribution in [3.8, 4) is 0 Å². The van der Waals surface area contributed by atoms with E-state index in [-0.39, 0.29) is 6.67 Å². The lowest BCUT2D eigenvalue weighted by Gasteiger charge is -2.07. The van der Waals surface area contributed by atoms with Crippen molar-refractivity contribution in [2.24, 2.45) is 0 Å². The topological polar surface area (TPSA) is 32.3 Å². The average Bonchev–Trinajstić information content (AvgIpc) is 1.89. The molecule has 0 radical (unpaired) electrons. The first-order chi connectivity index (χ1) is 4.31. The second kappa shape index (κ2) is 5.98. The van der Waals surface area contributed by atoms with Gasteiger partial charge in [-0.15, -0.1) is 0 Å². The Morgan fingerprint density at radius 3 is 2.78 bits per heavy atom. The van der Waals surface area contributed by atoms with Gasteiger partial charge in [0.05, 0.1) is 6.67 Å². The standard InChI is InChI=1S/C6H14FNO/c1-2-6(9)8-5-3-4-7/h6,8-9H,2-5H2,1H3. The fourth-order valence-electron chi connectivity index (χ4n) is 0.480. The predicted molar refractivity (Wildman–Crippen MR) is 34.9 cm³/mol. The molecule has 9 heavy (non-hydrogen) atoms. The fourth-order valence-corrected chi connectivity index (χ4v) is 0.480. The van der Waals surface area contributed by atoms with E-state index in [1.807, 2.05) is 6.92 Å². The van der Waals surface area contributed by atoms with Gasteiger partial charge in [0.1, 0.15) is 6.23 Å². The first-order valence-corrected chi connectivity index (χ1v) is 3.28. The highest BCUT2D eigenvalue weighted by Crippen LogP contribution is 1.84. The predicted octanol–water partition coefficient (Wildman–Crippen LogP) is 0.664. The van der Waals surface area contributed by atoms with E-state index in [4.69, 9.17) is 5.11 Å². The summed E-state index contributed by atoms with van der Waals surface area (Å²) in [6.07, 6.45) is 0.695. The molecule has 56 valence electrons. The Kier molecular flexibility index (Phi) is 5.88. The number of rotatable bonds is 5. The summed E-state index contributed by atoms with van der Waals surface area (Å²) in [6, 6.07) is 0. The maximum atomic E-state index is 11.4. The van der Waals surface area contributed by atoms with Gasteiger partial charge in [-0.2, -0.15) is 0 Å². The smallest absolute Gasteiger partial charge is 0.104 e. The first-order valence-electron chi connectivity index (χ1n) is 3.28. The van der Waals surface area contributed by atoms with Crippen molar-refractivity contribution in [2.75, 3.05) is 13.2 Å². The van der Waals surface area contributed by atoms with E-state index < -0.39 is 6.23 Å². The van der Waals surface area contributed by atoms with Gasteiger partial charge in [0.2, 0.25) is 0 Å². The number of halogens is 1. The molecule has 0 bridgehead atoms. The summed E-state index contributed by atoms with van der Waals surface area (Å²) in [5, 5.41) is 11.6. The molecule has 0 rings (SSSR count). The molecule has 0 aromatic heterocycles. The third-order valence-corrected chi connectivity index (χ3v) is 1.08. The van der Waals surface area contributed by atoms with Gasteiger partial charge in [0, 0.05) is 0 Å². The number of aliphatic hydroxyl groups is 1. The number of nitrogens with one attached hydrogen (secondary N) is 1. The lowest BCUT2D eigenvalue weighted by Crippen LogP contribution is -2.28. The monoisotopic (exact) mass is 135 g/mol. The summed E-state index contributed by atoms with van der Waals surface area (Å²) in [4.78, 5) is 0. The molecule has 0 fully saturated rings. The minimum Gasteiger partial charge on any atom is -0.379 e. The van der Waals surface area contributed by atoms with Crippen molar-refractivity contribution in [1.29, 1.82) is 0 Å². The molecule has 2 N–H and O–H groups in total. The lowest BCUT2D eigenvalue weighted by molar-refractivity contribution is 0.132. The van der Waals surface area contributed by atoms with Crippen LogP contribution in [0.25, 0.3) is 0 Å². The van der Waals surface area contributed by atoms with Gasteiger partial charge >= 0.3 is 0 Å². The van der Waals surface area contributed by atoms with Crippen LogP contribution in [0.1, 0.15) is 19.8 Å². The van der Waals surface area contributed by atoms with Crippen LogP contribution in [0.4, 0.5) is 4.39 Å². The minimum atomic E-state index is -0.462. The van der Waals surface area contributed by atoms with Crippen LogP contribution in [-0.4, -0.2) is 24.6 Å². The Morgan fingerprint density at radius 1 is 1.67 bits per heavy atom. The van der Waals surface area contributed by atoms with Crippen LogP contribution in [0.15, 0.2) is 0 Å². The fraction of sp³-hybridized carbons (Fsp3) is 1.00. The summed E-state index contributed by atoms with van der Waals surface area (Å²) in [6.45, 7) is 2.11. The van der Waals surface area contributed by atoms with E-state index in [0.717, 1.165) is 0 Å². The van der Waals surface area contributed by atoms with Gasteiger partial charge in [-0.25, -0.2) is 0 Å². The zero-order chi connectivity index (χ0) is 7.11. The molecule has 0 aromatic rings. The molecule has 0 aliphatic rings. The van der Waals surface area contributed by atoms with Gasteiger partial charge in [-0.1, -0.05) is 6.92 Å². The van der Waals surface area contributed by atoms with Crippen LogP contribution < -0.4 is 5.32 Å². The molecule has 3 heteroatoms. The molecule has 1 atom stereocenters. The largest absolute Gasteiger partial charge is 0.379 e. The molecule has 0 amide bonds. The Balaban J connectivity index is 2.88. The molecule has 0 aliphatic heterocycles. The molecule has 2 nitrogen and oxygen atoms in total. The molecule has 1 unspecified atom stereocenters. The third-order valence-electron chi connectivity index (χ3n) is 1.08. The quantitative estimate of drug-likeness (QED) is 0.429. The van der Waals surface area contributed by atoms with Crippen molar-refractivity contribution < 1.29 is 9.50 Å². The lowest BCUT2D eigenvalue weighted by atomic mass is 10.4. The summed E-state index contributed by atoms with van der Waals surface area (Å²) < 4.78 is 11.4. The van der Waals surface area contributed by atoms with Crippen LogP contribution in [0, 0.1) is 0 Å². The van der Waals surface area contributed by atoms with Gasteiger partial charge < -0.3 is 5.11 Å². The number of aliphatic hydroxyl groups excluding tert-OH is 1. The van der Waals surface area contributed by atoms with Gasteiger partial charge in [-0.3, -0.25) is 9.71 Å². The minimum absolute atomic E-state index is 0.316. The van der Waals surface area contributed by atoms with E-state index in [1.54, 1.807) is 0 Å². The zero-order valence-electron chi connectivity index (χ0n) is 5.73. The maximum Gasteiger partial charge on any atom is 0.104 e. The maximum absolute atomic E-state index is 11.4. The van der Waals surface area contributed by atoms with Gasteiger partial charge in [0.15, 0.2) is 0 Å². The first kappa shape index (κ1) is 8.85. The highest BCUT2D eigenvalue weighted by Gasteiger charge is 1.95. The Hall–Kier alpha value is -0.150. The third kappa shape index (κ3) is 5.73. The van der Waals surface area contributed by atoms with Crippen molar-refractivity contribution in [3.05, 3.63) is 0 Å². The highest BCUT2D eigenvalue weighted by molar-refractivity contribution is 4.49. The normalized spacial score (nSPS) is 13.7. The van der Waals surface area contributed by atoms with Crippen molar-refractivity contribution in [1.82, 2.24) is 5.32 Å². The Labute approximate surface area is 55.1 Å². The second-order valence-corrected chi connectivity index (χ2v) is 1.92. The van der Waals surface area contributed by atoms with Crippen LogP contribution in [0.2, 0.25) is 0 Å². The van der Waals surface area contributed by atoms with E-state index in [9.17, 15) is 4.39 Å². The molecule has 0 aromatic carbocycles. The van der Waals surface area contributed by atoms with Crippen LogP contribution in [0.5, 0.6) is 0 Å². The Morgan fingerprint density at radius 2 is 2.33 bits per heavy atom. The van der Waals surface area contributed by atoms with Crippen molar-refractivity contribution >= 4 is 0 Å².